The quantitative estimate of drug-likeness (QED) is 0.204. The first-order valence-corrected chi connectivity index (χ1v) is 6.79. The Morgan fingerprint density at radius 2 is 1.29 bits per heavy atom. The molecule has 0 bridgehead atoms. The van der Waals surface area contributed by atoms with Gasteiger partial charge in [-0.05, 0) is 0 Å². The van der Waals surface area contributed by atoms with Gasteiger partial charge in [0.2, 0.25) is 29.5 Å². The highest BCUT2D eigenvalue weighted by Gasteiger charge is 2.29. The highest BCUT2D eigenvalue weighted by atomic mass is 16.3. The Morgan fingerprint density at radius 3 is 1.67 bits per heavy atom. The van der Waals surface area contributed by atoms with Gasteiger partial charge in [-0.15, -0.1) is 0 Å². The zero-order valence-corrected chi connectivity index (χ0v) is 12.9. The molecule has 3 atom stereocenters. The topological polar surface area (TPSA) is 214 Å². The maximum absolute atomic E-state index is 12.0. The summed E-state index contributed by atoms with van der Waals surface area (Å²) in [6.45, 7) is -0.428. The normalized spacial score (nSPS) is 14.0. The summed E-state index contributed by atoms with van der Waals surface area (Å²) < 4.78 is 0. The Hall–Kier alpha value is -2.73. The van der Waals surface area contributed by atoms with Crippen molar-refractivity contribution in [3.05, 3.63) is 0 Å². The van der Waals surface area contributed by atoms with Crippen molar-refractivity contribution in [1.29, 1.82) is 0 Å². The molecule has 0 unspecified atom stereocenters. The molecule has 0 aromatic rings. The van der Waals surface area contributed by atoms with E-state index in [1.54, 1.807) is 0 Å². The fraction of sp³-hybridized carbons (Fsp3) is 0.583. The zero-order chi connectivity index (χ0) is 18.9. The summed E-state index contributed by atoms with van der Waals surface area (Å²) in [6.07, 6.45) is -0.618. The number of amides is 5. The minimum Gasteiger partial charge on any atom is -0.394 e. The molecule has 0 saturated carbocycles. The third-order valence-corrected chi connectivity index (χ3v) is 2.76. The molecule has 0 aliphatic heterocycles. The van der Waals surface area contributed by atoms with E-state index in [1.807, 2.05) is 5.32 Å². The second-order valence-corrected chi connectivity index (χ2v) is 4.81. The van der Waals surface area contributed by atoms with Gasteiger partial charge < -0.3 is 37.6 Å². The monoisotopic (exact) mass is 347 g/mol. The van der Waals surface area contributed by atoms with Crippen molar-refractivity contribution in [3.63, 3.8) is 0 Å². The van der Waals surface area contributed by atoms with Gasteiger partial charge in [-0.25, -0.2) is 0 Å². The zero-order valence-electron chi connectivity index (χ0n) is 12.9. The molecule has 0 aliphatic carbocycles. The molecule has 24 heavy (non-hydrogen) atoms. The number of aliphatic hydroxyl groups excluding tert-OH is 2. The van der Waals surface area contributed by atoms with E-state index >= 15 is 0 Å². The Labute approximate surface area is 136 Å². The number of hydrogen-bond donors (Lipinski definition) is 7. The number of nitrogens with two attached hydrogens (primary N) is 2. The number of aliphatic hydroxyl groups is 2. The van der Waals surface area contributed by atoms with Crippen LogP contribution in [0.2, 0.25) is 0 Å². The summed E-state index contributed by atoms with van der Waals surface area (Å²) in [7, 11) is 0. The number of carbonyl (C=O) groups excluding carboxylic acids is 5. The molecule has 0 radical (unpaired) electrons. The van der Waals surface area contributed by atoms with Crippen molar-refractivity contribution in [3.8, 4) is 0 Å². The Balaban J connectivity index is 5.08. The largest absolute Gasteiger partial charge is 0.394 e. The van der Waals surface area contributed by atoms with Crippen molar-refractivity contribution < 1.29 is 34.2 Å². The molecule has 0 saturated heterocycles. The third-order valence-electron chi connectivity index (χ3n) is 2.76. The Morgan fingerprint density at radius 1 is 0.833 bits per heavy atom. The molecule has 12 nitrogen and oxygen atoms in total. The summed E-state index contributed by atoms with van der Waals surface area (Å²) in [4.78, 5) is 56.9. The molecule has 0 aromatic carbocycles. The average Bonchev–Trinajstić information content (AvgIpc) is 2.47. The van der Waals surface area contributed by atoms with Crippen molar-refractivity contribution in [1.82, 2.24) is 16.0 Å². The van der Waals surface area contributed by atoms with E-state index in [9.17, 15) is 24.0 Å². The van der Waals surface area contributed by atoms with E-state index in [2.05, 4.69) is 10.6 Å². The minimum absolute atomic E-state index is 0.603. The van der Waals surface area contributed by atoms with E-state index in [0.717, 1.165) is 6.92 Å². The molecule has 5 amide bonds. The number of carbonyl (C=O) groups is 5. The van der Waals surface area contributed by atoms with Gasteiger partial charge in [-0.1, -0.05) is 0 Å². The maximum atomic E-state index is 12.0. The highest BCUT2D eigenvalue weighted by molar-refractivity contribution is 5.96. The summed E-state index contributed by atoms with van der Waals surface area (Å²) in [5.41, 5.74) is 9.94. The van der Waals surface area contributed by atoms with Crippen molar-refractivity contribution >= 4 is 29.5 Å². The van der Waals surface area contributed by atoms with Crippen molar-refractivity contribution in [2.24, 2.45) is 11.5 Å². The van der Waals surface area contributed by atoms with Crippen LogP contribution in [0.25, 0.3) is 0 Å². The van der Waals surface area contributed by atoms with Crippen LogP contribution >= 0.6 is 0 Å². The maximum Gasteiger partial charge on any atom is 0.245 e. The Bertz CT molecular complexity index is 510. The first-order chi connectivity index (χ1) is 11.1. The number of rotatable bonds is 10. The molecular weight excluding hydrogens is 326 g/mol. The molecule has 0 aliphatic rings. The first kappa shape index (κ1) is 21.3. The van der Waals surface area contributed by atoms with Crippen LogP contribution in [-0.4, -0.2) is 71.1 Å². The van der Waals surface area contributed by atoms with Gasteiger partial charge in [0.15, 0.2) is 0 Å². The summed E-state index contributed by atoms with van der Waals surface area (Å²) in [6, 6.07) is -4.27. The van der Waals surface area contributed by atoms with Gasteiger partial charge >= 0.3 is 0 Å². The fourth-order valence-electron chi connectivity index (χ4n) is 1.60. The molecular formula is C12H21N5O7. The molecule has 0 spiro atoms. The van der Waals surface area contributed by atoms with Crippen molar-refractivity contribution in [2.45, 2.75) is 31.5 Å². The molecule has 0 heterocycles. The van der Waals surface area contributed by atoms with Crippen LogP contribution in [0.5, 0.6) is 0 Å². The SMILES string of the molecule is CC(=O)N[C@@H](CO)C(=O)N[C@H](CC(N)=O)C(=O)N[C@@H](CO)C(N)=O. The summed E-state index contributed by atoms with van der Waals surface area (Å²) in [5.74, 6) is -4.51. The standard InChI is InChI=1S/C12H21N5O7/c1-5(20)15-8(4-19)12(24)16-6(2-9(13)21)11(23)17-7(3-18)10(14)22/h6-8,18-19H,2-4H2,1H3,(H2,13,21)(H2,14,22)(H,15,20)(H,16,24)(H,17,23)/t6-,7+,8+/m1/s1. The highest BCUT2D eigenvalue weighted by Crippen LogP contribution is 1.96. The Kier molecular flexibility index (Phi) is 8.97. The molecule has 0 fully saturated rings. The van der Waals surface area contributed by atoms with Gasteiger partial charge in [0.1, 0.15) is 18.1 Å². The molecule has 12 heteroatoms. The summed E-state index contributed by atoms with van der Waals surface area (Å²) in [5, 5.41) is 24.3. The van der Waals surface area contributed by atoms with Gasteiger partial charge in [0.25, 0.3) is 0 Å². The van der Waals surface area contributed by atoms with Crippen LogP contribution < -0.4 is 27.4 Å². The first-order valence-electron chi connectivity index (χ1n) is 6.79. The average molecular weight is 347 g/mol. The predicted molar refractivity (Wildman–Crippen MR) is 78.6 cm³/mol. The number of hydrogen-bond acceptors (Lipinski definition) is 7. The molecule has 0 aromatic heterocycles. The molecule has 9 N–H and O–H groups in total. The van der Waals surface area contributed by atoms with E-state index in [0.29, 0.717) is 0 Å². The smallest absolute Gasteiger partial charge is 0.245 e. The van der Waals surface area contributed by atoms with Gasteiger partial charge in [-0.2, -0.15) is 0 Å². The van der Waals surface area contributed by atoms with Crippen LogP contribution in [0.4, 0.5) is 0 Å². The van der Waals surface area contributed by atoms with Crippen LogP contribution in [0.3, 0.4) is 0 Å². The van der Waals surface area contributed by atoms with E-state index in [4.69, 9.17) is 21.7 Å². The van der Waals surface area contributed by atoms with Gasteiger partial charge in [0, 0.05) is 6.92 Å². The van der Waals surface area contributed by atoms with E-state index in [1.165, 1.54) is 0 Å². The minimum atomic E-state index is -1.49. The van der Waals surface area contributed by atoms with Crippen molar-refractivity contribution in [2.75, 3.05) is 13.2 Å². The van der Waals surface area contributed by atoms with Crippen LogP contribution in [0.1, 0.15) is 13.3 Å². The van der Waals surface area contributed by atoms with Crippen LogP contribution in [0, 0.1) is 0 Å². The van der Waals surface area contributed by atoms with Gasteiger partial charge in [-0.3, -0.25) is 24.0 Å². The third kappa shape index (κ3) is 7.51. The lowest BCUT2D eigenvalue weighted by atomic mass is 10.1. The molecule has 136 valence electrons. The number of primary amides is 2. The lowest BCUT2D eigenvalue weighted by Gasteiger charge is -2.22. The van der Waals surface area contributed by atoms with Gasteiger partial charge in [0.05, 0.1) is 19.6 Å². The van der Waals surface area contributed by atoms with Crippen LogP contribution in [0.15, 0.2) is 0 Å². The van der Waals surface area contributed by atoms with E-state index < -0.39 is 67.3 Å². The van der Waals surface area contributed by atoms with Crippen LogP contribution in [-0.2, 0) is 24.0 Å². The number of nitrogens with one attached hydrogen (secondary N) is 3. The fourth-order valence-corrected chi connectivity index (χ4v) is 1.60. The lowest BCUT2D eigenvalue weighted by molar-refractivity contribution is -0.135. The lowest BCUT2D eigenvalue weighted by Crippen LogP contribution is -2.58. The summed E-state index contributed by atoms with van der Waals surface area (Å²) >= 11 is 0. The second kappa shape index (κ2) is 10.1. The molecule has 0 rings (SSSR count). The second-order valence-electron chi connectivity index (χ2n) is 4.81. The predicted octanol–water partition coefficient (Wildman–Crippen LogP) is -5.19. The van der Waals surface area contributed by atoms with E-state index in [-0.39, 0.29) is 0 Å².